The number of benzene rings is 1. The van der Waals surface area contributed by atoms with Gasteiger partial charge in [-0.2, -0.15) is 0 Å². The molecule has 0 radical (unpaired) electrons. The lowest BCUT2D eigenvalue weighted by Gasteiger charge is -2.33. The predicted molar refractivity (Wildman–Crippen MR) is 79.0 cm³/mol. The topological polar surface area (TPSA) is 47.3 Å². The molecule has 1 aromatic rings. The zero-order chi connectivity index (χ0) is 13.0. The first kappa shape index (κ1) is 13.3. The van der Waals surface area contributed by atoms with E-state index in [1.54, 1.807) is 0 Å². The maximum Gasteiger partial charge on any atom is 0.103 e. The predicted octanol–water partition coefficient (Wildman–Crippen LogP) is 2.55. The molecule has 0 amide bonds. The highest BCUT2D eigenvalue weighted by Crippen LogP contribution is 2.29. The van der Waals surface area contributed by atoms with E-state index in [1.807, 2.05) is 24.3 Å². The Morgan fingerprint density at radius 3 is 2.50 bits per heavy atom. The fraction of sp³-hybridized carbons (Fsp3) is 0.500. The van der Waals surface area contributed by atoms with Crippen LogP contribution < -0.4 is 11.1 Å². The summed E-state index contributed by atoms with van der Waals surface area (Å²) in [5.41, 5.74) is 7.93. The van der Waals surface area contributed by atoms with Gasteiger partial charge in [-0.3, -0.25) is 0 Å². The van der Waals surface area contributed by atoms with E-state index in [9.17, 15) is 0 Å². The average Bonchev–Trinajstić information content (AvgIpc) is 2.38. The molecule has 1 saturated heterocycles. The van der Waals surface area contributed by atoms with Gasteiger partial charge in [0.1, 0.15) is 4.99 Å². The quantitative estimate of drug-likeness (QED) is 0.821. The van der Waals surface area contributed by atoms with Crippen LogP contribution in [-0.4, -0.2) is 24.7 Å². The molecular formula is C14H20N2OS. The molecular weight excluding hydrogens is 244 g/mol. The summed E-state index contributed by atoms with van der Waals surface area (Å²) in [6, 6.07) is 7.96. The first-order valence-corrected chi connectivity index (χ1v) is 6.71. The average molecular weight is 264 g/mol. The second kappa shape index (κ2) is 5.67. The third kappa shape index (κ3) is 3.43. The van der Waals surface area contributed by atoms with E-state index in [0.29, 0.717) is 10.4 Å². The molecule has 0 bridgehead atoms. The lowest BCUT2D eigenvalue weighted by atomic mass is 9.82. The number of thiocarbonyl (C=S) groups is 1. The number of anilines is 1. The first-order valence-electron chi connectivity index (χ1n) is 6.31. The van der Waals surface area contributed by atoms with Crippen LogP contribution in [0.2, 0.25) is 0 Å². The van der Waals surface area contributed by atoms with Crippen molar-refractivity contribution in [2.75, 3.05) is 25.1 Å². The van der Waals surface area contributed by atoms with Crippen LogP contribution in [-0.2, 0) is 4.74 Å². The number of rotatable bonds is 4. The van der Waals surface area contributed by atoms with Crippen LogP contribution in [0.3, 0.4) is 0 Å². The molecule has 3 N–H and O–H groups in total. The van der Waals surface area contributed by atoms with Gasteiger partial charge in [-0.05, 0) is 42.5 Å². The number of hydrogen-bond donors (Lipinski definition) is 2. The third-order valence-electron chi connectivity index (χ3n) is 3.59. The third-order valence-corrected chi connectivity index (χ3v) is 3.82. The van der Waals surface area contributed by atoms with Gasteiger partial charge in [0.15, 0.2) is 0 Å². The van der Waals surface area contributed by atoms with Crippen molar-refractivity contribution in [1.29, 1.82) is 0 Å². The molecule has 18 heavy (non-hydrogen) atoms. The van der Waals surface area contributed by atoms with E-state index >= 15 is 0 Å². The molecule has 0 unspecified atom stereocenters. The molecule has 0 spiro atoms. The largest absolute Gasteiger partial charge is 0.389 e. The number of hydrogen-bond acceptors (Lipinski definition) is 3. The molecule has 3 nitrogen and oxygen atoms in total. The Hall–Kier alpha value is -1.13. The van der Waals surface area contributed by atoms with Crippen molar-refractivity contribution in [3.63, 3.8) is 0 Å². The molecule has 1 aliphatic rings. The number of nitrogens with one attached hydrogen (secondary N) is 1. The fourth-order valence-electron chi connectivity index (χ4n) is 2.11. The Kier molecular flexibility index (Phi) is 4.19. The number of nitrogens with two attached hydrogens (primary N) is 1. The second-order valence-electron chi connectivity index (χ2n) is 5.22. The molecule has 0 saturated carbocycles. The van der Waals surface area contributed by atoms with Gasteiger partial charge >= 0.3 is 0 Å². The standard InChI is InChI=1S/C14H20N2OS/c1-14(6-8-17-9-7-14)10-16-12-4-2-11(3-5-12)13(15)18/h2-5,16H,6-10H2,1H3,(H2,15,18). The van der Waals surface area contributed by atoms with Gasteiger partial charge in [0, 0.05) is 31.0 Å². The van der Waals surface area contributed by atoms with Crippen LogP contribution in [0.15, 0.2) is 24.3 Å². The van der Waals surface area contributed by atoms with Crippen molar-refractivity contribution in [2.45, 2.75) is 19.8 Å². The van der Waals surface area contributed by atoms with Crippen LogP contribution in [0.25, 0.3) is 0 Å². The normalized spacial score (nSPS) is 18.3. The molecule has 1 aliphatic heterocycles. The highest BCUT2D eigenvalue weighted by Gasteiger charge is 2.26. The summed E-state index contributed by atoms with van der Waals surface area (Å²) in [6.07, 6.45) is 2.23. The molecule has 4 heteroatoms. The fourth-order valence-corrected chi connectivity index (χ4v) is 2.24. The molecule has 1 fully saturated rings. The van der Waals surface area contributed by atoms with Gasteiger partial charge in [0.25, 0.3) is 0 Å². The van der Waals surface area contributed by atoms with E-state index in [0.717, 1.165) is 43.9 Å². The molecule has 0 aliphatic carbocycles. The Bertz CT molecular complexity index is 410. The maximum absolute atomic E-state index is 5.57. The summed E-state index contributed by atoms with van der Waals surface area (Å²) in [5, 5.41) is 3.48. The van der Waals surface area contributed by atoms with Crippen LogP contribution in [0.1, 0.15) is 25.3 Å². The smallest absolute Gasteiger partial charge is 0.103 e. The van der Waals surface area contributed by atoms with Crippen LogP contribution >= 0.6 is 12.2 Å². The van der Waals surface area contributed by atoms with E-state index in [-0.39, 0.29) is 0 Å². The van der Waals surface area contributed by atoms with Crippen molar-refractivity contribution in [3.05, 3.63) is 29.8 Å². The van der Waals surface area contributed by atoms with E-state index < -0.39 is 0 Å². The summed E-state index contributed by atoms with van der Waals surface area (Å²) in [6.45, 7) is 5.03. The summed E-state index contributed by atoms with van der Waals surface area (Å²) in [4.78, 5) is 0.443. The van der Waals surface area contributed by atoms with Gasteiger partial charge in [-0.15, -0.1) is 0 Å². The monoisotopic (exact) mass is 264 g/mol. The molecule has 0 atom stereocenters. The highest BCUT2D eigenvalue weighted by molar-refractivity contribution is 7.80. The van der Waals surface area contributed by atoms with Crippen LogP contribution in [0.4, 0.5) is 5.69 Å². The van der Waals surface area contributed by atoms with Gasteiger partial charge in [-0.1, -0.05) is 19.1 Å². The Morgan fingerprint density at radius 1 is 1.33 bits per heavy atom. The molecule has 1 heterocycles. The van der Waals surface area contributed by atoms with Crippen molar-refractivity contribution in [1.82, 2.24) is 0 Å². The summed E-state index contributed by atoms with van der Waals surface area (Å²) < 4.78 is 5.40. The lowest BCUT2D eigenvalue weighted by Crippen LogP contribution is -2.33. The molecule has 1 aromatic carbocycles. The number of ether oxygens (including phenoxy) is 1. The molecule has 2 rings (SSSR count). The van der Waals surface area contributed by atoms with E-state index in [1.165, 1.54) is 0 Å². The Morgan fingerprint density at radius 2 is 1.94 bits per heavy atom. The van der Waals surface area contributed by atoms with Gasteiger partial charge < -0.3 is 15.8 Å². The van der Waals surface area contributed by atoms with E-state index in [2.05, 4.69) is 12.2 Å². The maximum atomic E-state index is 5.57. The lowest BCUT2D eigenvalue weighted by molar-refractivity contribution is 0.0300. The Labute approximate surface area is 114 Å². The minimum absolute atomic E-state index is 0.333. The molecule has 98 valence electrons. The van der Waals surface area contributed by atoms with Gasteiger partial charge in [0.2, 0.25) is 0 Å². The second-order valence-corrected chi connectivity index (χ2v) is 5.66. The van der Waals surface area contributed by atoms with E-state index in [4.69, 9.17) is 22.7 Å². The highest BCUT2D eigenvalue weighted by atomic mass is 32.1. The van der Waals surface area contributed by atoms with Crippen molar-refractivity contribution in [2.24, 2.45) is 11.1 Å². The van der Waals surface area contributed by atoms with Crippen LogP contribution in [0, 0.1) is 5.41 Å². The first-order chi connectivity index (χ1) is 8.59. The summed E-state index contributed by atoms with van der Waals surface area (Å²) in [7, 11) is 0. The summed E-state index contributed by atoms with van der Waals surface area (Å²) in [5.74, 6) is 0. The summed E-state index contributed by atoms with van der Waals surface area (Å²) >= 11 is 4.93. The van der Waals surface area contributed by atoms with Gasteiger partial charge in [-0.25, -0.2) is 0 Å². The van der Waals surface area contributed by atoms with Crippen LogP contribution in [0.5, 0.6) is 0 Å². The van der Waals surface area contributed by atoms with Crippen molar-refractivity contribution >= 4 is 22.9 Å². The zero-order valence-corrected chi connectivity index (χ0v) is 11.6. The zero-order valence-electron chi connectivity index (χ0n) is 10.7. The molecule has 0 aromatic heterocycles. The minimum Gasteiger partial charge on any atom is -0.389 e. The minimum atomic E-state index is 0.333. The SMILES string of the molecule is CC1(CNc2ccc(C(N)=S)cc2)CCOCC1. The van der Waals surface area contributed by atoms with Crippen molar-refractivity contribution in [3.8, 4) is 0 Å². The van der Waals surface area contributed by atoms with Gasteiger partial charge in [0.05, 0.1) is 0 Å². The van der Waals surface area contributed by atoms with Crippen molar-refractivity contribution < 1.29 is 4.74 Å². The Balaban J connectivity index is 1.91.